The molecule has 2 aliphatic rings. The second kappa shape index (κ2) is 9.29. The molecule has 0 bridgehead atoms. The van der Waals surface area contributed by atoms with Gasteiger partial charge in [-0.15, -0.1) is 0 Å². The molecule has 0 radical (unpaired) electrons. The average Bonchev–Trinajstić information content (AvgIpc) is 3.27. The maximum absolute atomic E-state index is 9.39. The van der Waals surface area contributed by atoms with E-state index in [1.165, 1.54) is 0 Å². The van der Waals surface area contributed by atoms with E-state index in [0.29, 0.717) is 23.4 Å². The first-order valence-corrected chi connectivity index (χ1v) is 12.2. The van der Waals surface area contributed by atoms with Crippen molar-refractivity contribution in [2.24, 2.45) is 5.92 Å². The smallest absolute Gasteiger partial charge is 0.192 e. The molecule has 0 amide bonds. The highest BCUT2D eigenvalue weighted by atomic mass is 35.5. The molecule has 1 fully saturated rings. The van der Waals surface area contributed by atoms with E-state index in [0.717, 1.165) is 63.9 Å². The minimum Gasteiger partial charge on any atom is -0.494 e. The first kappa shape index (κ1) is 22.1. The lowest BCUT2D eigenvalue weighted by Gasteiger charge is -2.32. The molecule has 3 aromatic heterocycles. The summed E-state index contributed by atoms with van der Waals surface area (Å²) in [4.78, 5) is 18.1. The number of thiazole rings is 1. The second-order valence-corrected chi connectivity index (χ2v) is 9.78. The Bertz CT molecular complexity index is 1230. The average molecular weight is 484 g/mol. The summed E-state index contributed by atoms with van der Waals surface area (Å²) in [5, 5.41) is 10.8. The van der Waals surface area contributed by atoms with Crippen molar-refractivity contribution < 1.29 is 9.84 Å². The van der Waals surface area contributed by atoms with Crippen molar-refractivity contribution in [2.75, 3.05) is 43.2 Å². The number of ether oxygens (including phenoxy) is 1. The molecule has 2 aliphatic heterocycles. The molecule has 1 saturated heterocycles. The summed E-state index contributed by atoms with van der Waals surface area (Å²) < 4.78 is 6.55. The van der Waals surface area contributed by atoms with Gasteiger partial charge in [-0.2, -0.15) is 4.98 Å². The van der Waals surface area contributed by atoms with Crippen LogP contribution in [0.5, 0.6) is 5.75 Å². The number of anilines is 2. The third kappa shape index (κ3) is 4.43. The number of methoxy groups -OCH3 is 1. The van der Waals surface area contributed by atoms with Crippen molar-refractivity contribution in [3.8, 4) is 5.75 Å². The zero-order valence-corrected chi connectivity index (χ0v) is 20.2. The highest BCUT2D eigenvalue weighted by molar-refractivity contribution is 7.22. The van der Waals surface area contributed by atoms with Gasteiger partial charge in [0.1, 0.15) is 10.9 Å². The van der Waals surface area contributed by atoms with E-state index in [4.69, 9.17) is 21.3 Å². The Balaban J connectivity index is 1.37. The molecule has 0 aromatic carbocycles. The lowest BCUT2D eigenvalue weighted by atomic mass is 9.98. The number of nitrogens with zero attached hydrogens (tertiary/aromatic N) is 5. The molecule has 1 N–H and O–H groups in total. The van der Waals surface area contributed by atoms with Gasteiger partial charge in [0.2, 0.25) is 0 Å². The van der Waals surface area contributed by atoms with E-state index in [9.17, 15) is 5.11 Å². The summed E-state index contributed by atoms with van der Waals surface area (Å²) in [6, 6.07) is 4.02. The van der Waals surface area contributed by atoms with Crippen LogP contribution in [0.4, 0.5) is 10.8 Å². The van der Waals surface area contributed by atoms with Gasteiger partial charge in [0.15, 0.2) is 10.8 Å². The minimum absolute atomic E-state index is 0.281. The first-order valence-electron chi connectivity index (χ1n) is 11.0. The van der Waals surface area contributed by atoms with Crippen LogP contribution in [-0.2, 0) is 0 Å². The molecule has 0 aliphatic carbocycles. The van der Waals surface area contributed by atoms with Crippen molar-refractivity contribution in [3.05, 3.63) is 53.1 Å². The summed E-state index contributed by atoms with van der Waals surface area (Å²) >= 11 is 7.79. The molecule has 0 atom stereocenters. The maximum Gasteiger partial charge on any atom is 0.192 e. The van der Waals surface area contributed by atoms with Gasteiger partial charge >= 0.3 is 0 Å². The number of hydrogen-bond donors (Lipinski definition) is 1. The topological polar surface area (TPSA) is 74.6 Å². The second-order valence-electron chi connectivity index (χ2n) is 8.39. The van der Waals surface area contributed by atoms with Crippen molar-refractivity contribution in [2.45, 2.75) is 19.8 Å². The molecule has 9 heteroatoms. The molecule has 3 aromatic rings. The minimum atomic E-state index is 0.281. The summed E-state index contributed by atoms with van der Waals surface area (Å²) in [6.07, 6.45) is 9.87. The number of rotatable bonds is 5. The molecule has 7 nitrogen and oxygen atoms in total. The van der Waals surface area contributed by atoms with E-state index in [2.05, 4.69) is 44.9 Å². The summed E-state index contributed by atoms with van der Waals surface area (Å²) in [5.41, 5.74) is 4.97. The Morgan fingerprint density at radius 3 is 2.76 bits per heavy atom. The van der Waals surface area contributed by atoms with Gasteiger partial charge in [0.25, 0.3) is 0 Å². The van der Waals surface area contributed by atoms with Crippen LogP contribution >= 0.6 is 22.9 Å². The van der Waals surface area contributed by atoms with Gasteiger partial charge < -0.3 is 19.6 Å². The van der Waals surface area contributed by atoms with Crippen LogP contribution in [0.25, 0.3) is 15.9 Å². The fourth-order valence-corrected chi connectivity index (χ4v) is 5.56. The largest absolute Gasteiger partial charge is 0.494 e. The fourth-order valence-electron chi connectivity index (χ4n) is 4.38. The van der Waals surface area contributed by atoms with Crippen molar-refractivity contribution in [1.82, 2.24) is 15.0 Å². The standard InChI is InChI=1S/C24H26ClN5O2S/c1-15-9-17(19-11-22(25)26-13-20(19)32-2)5-8-30(15)24-28-23-21(33-24)10-18(12-27-23)29-6-3-16(14-31)4-7-29/h5,9-13,16,31H,3-4,6-8,14H2,1-2H3. The number of aromatic nitrogens is 3. The van der Waals surface area contributed by atoms with E-state index < -0.39 is 0 Å². The highest BCUT2D eigenvalue weighted by Crippen LogP contribution is 2.36. The Labute approximate surface area is 202 Å². The molecule has 5 rings (SSSR count). The molecule has 33 heavy (non-hydrogen) atoms. The molecule has 5 heterocycles. The first-order chi connectivity index (χ1) is 16.1. The zero-order valence-electron chi connectivity index (χ0n) is 18.7. The Hall–Kier alpha value is -2.68. The number of hydrogen-bond acceptors (Lipinski definition) is 8. The van der Waals surface area contributed by atoms with Crippen LogP contribution in [0, 0.1) is 5.92 Å². The molecule has 0 unspecified atom stereocenters. The maximum atomic E-state index is 9.39. The zero-order chi connectivity index (χ0) is 22.9. The summed E-state index contributed by atoms with van der Waals surface area (Å²) in [6.45, 7) is 4.96. The van der Waals surface area contributed by atoms with E-state index >= 15 is 0 Å². The Morgan fingerprint density at radius 2 is 2.03 bits per heavy atom. The predicted molar refractivity (Wildman–Crippen MR) is 134 cm³/mol. The normalized spacial score (nSPS) is 17.3. The van der Waals surface area contributed by atoms with Gasteiger partial charge in [0.05, 0.1) is 29.9 Å². The molecular formula is C24H26ClN5O2S. The lowest BCUT2D eigenvalue weighted by Crippen LogP contribution is -2.34. The van der Waals surface area contributed by atoms with Crippen molar-refractivity contribution >= 4 is 49.7 Å². The number of allylic oxidation sites excluding steroid dienone is 3. The van der Waals surface area contributed by atoms with Crippen molar-refractivity contribution in [1.29, 1.82) is 0 Å². The number of aliphatic hydroxyl groups is 1. The van der Waals surface area contributed by atoms with E-state index in [-0.39, 0.29) is 6.61 Å². The van der Waals surface area contributed by atoms with Gasteiger partial charge in [-0.25, -0.2) is 9.97 Å². The van der Waals surface area contributed by atoms with Gasteiger partial charge in [0, 0.05) is 37.5 Å². The van der Waals surface area contributed by atoms with Crippen LogP contribution in [-0.4, -0.2) is 53.4 Å². The molecule has 172 valence electrons. The van der Waals surface area contributed by atoms with Gasteiger partial charge in [-0.1, -0.05) is 29.0 Å². The number of fused-ring (bicyclic) bond motifs is 1. The van der Waals surface area contributed by atoms with Gasteiger partial charge in [-0.3, -0.25) is 0 Å². The van der Waals surface area contributed by atoms with Crippen LogP contribution in [0.1, 0.15) is 25.3 Å². The number of halogens is 1. The van der Waals surface area contributed by atoms with Crippen molar-refractivity contribution in [3.63, 3.8) is 0 Å². The Morgan fingerprint density at radius 1 is 1.21 bits per heavy atom. The molecule has 0 spiro atoms. The quantitative estimate of drug-likeness (QED) is 0.524. The van der Waals surface area contributed by atoms with Crippen LogP contribution in [0.15, 0.2) is 42.4 Å². The number of aliphatic hydroxyl groups excluding tert-OH is 1. The Kier molecular flexibility index (Phi) is 6.23. The van der Waals surface area contributed by atoms with Crippen LogP contribution in [0.2, 0.25) is 5.15 Å². The highest BCUT2D eigenvalue weighted by Gasteiger charge is 2.22. The summed E-state index contributed by atoms with van der Waals surface area (Å²) in [7, 11) is 1.64. The number of piperidine rings is 1. The van der Waals surface area contributed by atoms with Crippen LogP contribution in [0.3, 0.4) is 0 Å². The lowest BCUT2D eigenvalue weighted by molar-refractivity contribution is 0.203. The van der Waals surface area contributed by atoms with Gasteiger partial charge in [-0.05, 0) is 49.5 Å². The predicted octanol–water partition coefficient (Wildman–Crippen LogP) is 4.76. The molecule has 0 saturated carbocycles. The molecular weight excluding hydrogens is 458 g/mol. The van der Waals surface area contributed by atoms with E-state index in [1.54, 1.807) is 24.6 Å². The third-order valence-corrected chi connectivity index (χ3v) is 7.56. The SMILES string of the molecule is COc1cnc(Cl)cc1C1=CCN(c2nc3ncc(N4CCC(CO)CC4)cc3s2)C(C)=C1. The monoisotopic (exact) mass is 483 g/mol. The van der Waals surface area contributed by atoms with E-state index in [1.807, 2.05) is 12.3 Å². The third-order valence-electron chi connectivity index (χ3n) is 6.34. The number of pyridine rings is 2. The fraction of sp³-hybridized carbons (Fsp3) is 0.375. The van der Waals surface area contributed by atoms with Crippen LogP contribution < -0.4 is 14.5 Å². The summed E-state index contributed by atoms with van der Waals surface area (Å²) in [5.74, 6) is 1.12.